The van der Waals surface area contributed by atoms with Gasteiger partial charge in [-0.2, -0.15) is 4.31 Å². The molecule has 0 saturated carbocycles. The van der Waals surface area contributed by atoms with Crippen LogP contribution in [-0.2, 0) is 10.0 Å². The Hall–Kier alpha value is -2.18. The Balaban J connectivity index is 1.64. The number of piperidine rings is 1. The van der Waals surface area contributed by atoms with Crippen LogP contribution in [0.1, 0.15) is 30.1 Å². The van der Waals surface area contributed by atoms with Gasteiger partial charge in [0.05, 0.1) is 11.4 Å². The molecule has 0 radical (unpaired) electrons. The molecule has 138 valence electrons. The van der Waals surface area contributed by atoms with Crippen molar-refractivity contribution in [3.63, 3.8) is 0 Å². The van der Waals surface area contributed by atoms with Crippen LogP contribution in [0.5, 0.6) is 0 Å². The van der Waals surface area contributed by atoms with Gasteiger partial charge < -0.3 is 5.32 Å². The first kappa shape index (κ1) is 18.6. The fourth-order valence-corrected chi connectivity index (χ4v) is 4.77. The molecule has 2 aromatic rings. The Morgan fingerprint density at radius 2 is 1.81 bits per heavy atom. The molecule has 1 aliphatic rings. The highest BCUT2D eigenvalue weighted by molar-refractivity contribution is 7.89. The van der Waals surface area contributed by atoms with Crippen LogP contribution >= 0.6 is 0 Å². The normalized spacial score (nSPS) is 18.4. The third-order valence-corrected chi connectivity index (χ3v) is 6.54. The predicted molar refractivity (Wildman–Crippen MR) is 103 cm³/mol. The van der Waals surface area contributed by atoms with Crippen LogP contribution < -0.4 is 5.32 Å². The number of Topliss-reactive ketones (excluding diaryl/α,β-unsaturated/α-hetero) is 1. The molecule has 5 nitrogen and oxygen atoms in total. The number of sulfonamides is 1. The van der Waals surface area contributed by atoms with E-state index in [1.807, 2.05) is 18.2 Å². The van der Waals surface area contributed by atoms with Gasteiger partial charge >= 0.3 is 0 Å². The van der Waals surface area contributed by atoms with Gasteiger partial charge in [-0.15, -0.1) is 0 Å². The molecule has 3 rings (SSSR count). The second-order valence-corrected chi connectivity index (χ2v) is 8.72. The standard InChI is InChI=1S/C20H24N2O3S/c1-16-6-5-13-22(15-16)26(24,25)19-11-9-18(10-12-19)21-14-20(23)17-7-3-2-4-8-17/h2-4,7-12,16,21H,5-6,13-15H2,1H3. The van der Waals surface area contributed by atoms with Crippen LogP contribution in [0.25, 0.3) is 0 Å². The maximum atomic E-state index is 12.7. The molecule has 0 spiro atoms. The van der Waals surface area contributed by atoms with Gasteiger partial charge in [0.15, 0.2) is 5.78 Å². The van der Waals surface area contributed by atoms with Crippen molar-refractivity contribution in [1.82, 2.24) is 4.31 Å². The summed E-state index contributed by atoms with van der Waals surface area (Å²) in [6, 6.07) is 15.7. The summed E-state index contributed by atoms with van der Waals surface area (Å²) in [5.74, 6) is 0.382. The predicted octanol–water partition coefficient (Wildman–Crippen LogP) is 3.40. The number of ketones is 1. The van der Waals surface area contributed by atoms with E-state index in [0.717, 1.165) is 18.5 Å². The Morgan fingerprint density at radius 3 is 2.46 bits per heavy atom. The zero-order valence-corrected chi connectivity index (χ0v) is 15.7. The van der Waals surface area contributed by atoms with Crippen molar-refractivity contribution < 1.29 is 13.2 Å². The van der Waals surface area contributed by atoms with E-state index in [0.29, 0.717) is 29.5 Å². The van der Waals surface area contributed by atoms with E-state index in [1.54, 1.807) is 40.7 Å². The molecular formula is C20H24N2O3S. The maximum absolute atomic E-state index is 12.7. The molecule has 1 N–H and O–H groups in total. The van der Waals surface area contributed by atoms with E-state index < -0.39 is 10.0 Å². The van der Waals surface area contributed by atoms with Gasteiger partial charge in [0.1, 0.15) is 0 Å². The van der Waals surface area contributed by atoms with Gasteiger partial charge in [0, 0.05) is 24.3 Å². The van der Waals surface area contributed by atoms with Crippen LogP contribution in [0.15, 0.2) is 59.5 Å². The maximum Gasteiger partial charge on any atom is 0.243 e. The first-order chi connectivity index (χ1) is 12.5. The van der Waals surface area contributed by atoms with Crippen molar-refractivity contribution in [2.75, 3.05) is 25.0 Å². The zero-order valence-electron chi connectivity index (χ0n) is 14.9. The third-order valence-electron chi connectivity index (χ3n) is 4.66. The lowest BCUT2D eigenvalue weighted by Gasteiger charge is -2.30. The highest BCUT2D eigenvalue weighted by Gasteiger charge is 2.28. The van der Waals surface area contributed by atoms with Crippen molar-refractivity contribution in [3.8, 4) is 0 Å². The van der Waals surface area contributed by atoms with E-state index in [2.05, 4.69) is 12.2 Å². The molecule has 0 amide bonds. The third kappa shape index (κ3) is 4.31. The monoisotopic (exact) mass is 372 g/mol. The molecule has 1 unspecified atom stereocenters. The molecule has 1 atom stereocenters. The zero-order chi connectivity index (χ0) is 18.6. The minimum atomic E-state index is -3.45. The Bertz CT molecular complexity index is 848. The molecule has 1 aliphatic heterocycles. The SMILES string of the molecule is CC1CCCN(S(=O)(=O)c2ccc(NCC(=O)c3ccccc3)cc2)C1. The number of rotatable bonds is 6. The first-order valence-corrected chi connectivity index (χ1v) is 10.3. The summed E-state index contributed by atoms with van der Waals surface area (Å²) in [5, 5.41) is 3.05. The molecule has 0 bridgehead atoms. The number of anilines is 1. The molecule has 0 aliphatic carbocycles. The van der Waals surface area contributed by atoms with E-state index in [9.17, 15) is 13.2 Å². The molecule has 1 saturated heterocycles. The number of benzene rings is 2. The summed E-state index contributed by atoms with van der Waals surface area (Å²) < 4.78 is 27.1. The van der Waals surface area contributed by atoms with Crippen molar-refractivity contribution in [3.05, 3.63) is 60.2 Å². The lowest BCUT2D eigenvalue weighted by atomic mass is 10.0. The topological polar surface area (TPSA) is 66.5 Å². The van der Waals surface area contributed by atoms with Crippen LogP contribution in [0, 0.1) is 5.92 Å². The number of carbonyl (C=O) groups excluding carboxylic acids is 1. The number of carbonyl (C=O) groups is 1. The first-order valence-electron chi connectivity index (χ1n) is 8.89. The van der Waals surface area contributed by atoms with E-state index in [-0.39, 0.29) is 12.3 Å². The van der Waals surface area contributed by atoms with Gasteiger partial charge in [-0.1, -0.05) is 37.3 Å². The highest BCUT2D eigenvalue weighted by atomic mass is 32.2. The lowest BCUT2D eigenvalue weighted by Crippen LogP contribution is -2.39. The summed E-state index contributed by atoms with van der Waals surface area (Å²) >= 11 is 0. The molecule has 26 heavy (non-hydrogen) atoms. The van der Waals surface area contributed by atoms with E-state index in [4.69, 9.17) is 0 Å². The lowest BCUT2D eigenvalue weighted by molar-refractivity contribution is 0.101. The fraction of sp³-hybridized carbons (Fsp3) is 0.350. The molecule has 0 aromatic heterocycles. The number of hydrogen-bond acceptors (Lipinski definition) is 4. The number of nitrogens with zero attached hydrogens (tertiary/aromatic N) is 1. The smallest absolute Gasteiger partial charge is 0.243 e. The Morgan fingerprint density at radius 1 is 1.12 bits per heavy atom. The van der Waals surface area contributed by atoms with Crippen LogP contribution in [0.4, 0.5) is 5.69 Å². The minimum absolute atomic E-state index is 0.00963. The molecule has 1 heterocycles. The Labute approximate surface area is 155 Å². The second kappa shape index (κ2) is 8.01. The van der Waals surface area contributed by atoms with Crippen molar-refractivity contribution >= 4 is 21.5 Å². The van der Waals surface area contributed by atoms with Crippen LogP contribution in [0.3, 0.4) is 0 Å². The summed E-state index contributed by atoms with van der Waals surface area (Å²) in [6.07, 6.45) is 1.98. The van der Waals surface area contributed by atoms with Gasteiger partial charge in [-0.25, -0.2) is 8.42 Å². The summed E-state index contributed by atoms with van der Waals surface area (Å²) in [5.41, 5.74) is 1.37. The van der Waals surface area contributed by atoms with Crippen LogP contribution in [0.2, 0.25) is 0 Å². The number of nitrogens with one attached hydrogen (secondary N) is 1. The van der Waals surface area contributed by atoms with Crippen molar-refractivity contribution in [2.24, 2.45) is 5.92 Å². The van der Waals surface area contributed by atoms with Crippen molar-refractivity contribution in [2.45, 2.75) is 24.7 Å². The summed E-state index contributed by atoms with van der Waals surface area (Å²) in [6.45, 7) is 3.41. The second-order valence-electron chi connectivity index (χ2n) is 6.78. The highest BCUT2D eigenvalue weighted by Crippen LogP contribution is 2.24. The average Bonchev–Trinajstić information content (AvgIpc) is 2.67. The van der Waals surface area contributed by atoms with E-state index in [1.165, 1.54) is 0 Å². The fourth-order valence-electron chi connectivity index (χ4n) is 3.17. The van der Waals surface area contributed by atoms with Gasteiger partial charge in [-0.05, 0) is 43.0 Å². The van der Waals surface area contributed by atoms with Gasteiger partial charge in [0.25, 0.3) is 0 Å². The van der Waals surface area contributed by atoms with Gasteiger partial charge in [0.2, 0.25) is 10.0 Å². The number of hydrogen-bond donors (Lipinski definition) is 1. The van der Waals surface area contributed by atoms with Gasteiger partial charge in [-0.3, -0.25) is 4.79 Å². The molecule has 1 fully saturated rings. The summed E-state index contributed by atoms with van der Waals surface area (Å²) in [4.78, 5) is 12.4. The van der Waals surface area contributed by atoms with E-state index >= 15 is 0 Å². The average molecular weight is 372 g/mol. The summed E-state index contributed by atoms with van der Waals surface area (Å²) in [7, 11) is -3.45. The molecular weight excluding hydrogens is 348 g/mol. The van der Waals surface area contributed by atoms with Crippen LogP contribution in [-0.4, -0.2) is 38.1 Å². The molecule has 6 heteroatoms. The molecule has 2 aromatic carbocycles. The largest absolute Gasteiger partial charge is 0.378 e. The Kier molecular flexibility index (Phi) is 5.74. The quantitative estimate of drug-likeness (QED) is 0.789. The minimum Gasteiger partial charge on any atom is -0.378 e. The van der Waals surface area contributed by atoms with Crippen molar-refractivity contribution in [1.29, 1.82) is 0 Å².